The zero-order valence-corrected chi connectivity index (χ0v) is 13.7. The van der Waals surface area contributed by atoms with E-state index in [-0.39, 0.29) is 11.9 Å². The standard InChI is InChI=1S/C16H29N3O2/c1-4-19(5-2)10-6-7-14(3)18-15(20)16(13-17)8-11-21-12-9-16/h14H,4-12H2,1-3H3,(H,18,20). The quantitative estimate of drug-likeness (QED) is 0.743. The van der Waals surface area contributed by atoms with Crippen molar-refractivity contribution in [3.05, 3.63) is 0 Å². The fourth-order valence-electron chi connectivity index (χ4n) is 2.70. The van der Waals surface area contributed by atoms with E-state index in [4.69, 9.17) is 4.74 Å². The van der Waals surface area contributed by atoms with E-state index in [1.54, 1.807) is 0 Å². The van der Waals surface area contributed by atoms with Crippen molar-refractivity contribution in [3.8, 4) is 6.07 Å². The summed E-state index contributed by atoms with van der Waals surface area (Å²) in [4.78, 5) is 14.8. The number of nitrogens with one attached hydrogen (secondary N) is 1. The average Bonchev–Trinajstić information content (AvgIpc) is 2.52. The van der Waals surface area contributed by atoms with Gasteiger partial charge in [-0.1, -0.05) is 13.8 Å². The lowest BCUT2D eigenvalue weighted by atomic mass is 9.80. The van der Waals surface area contributed by atoms with Gasteiger partial charge in [0.2, 0.25) is 5.91 Å². The van der Waals surface area contributed by atoms with Crippen molar-refractivity contribution in [2.24, 2.45) is 5.41 Å². The third-order valence-corrected chi connectivity index (χ3v) is 4.38. The number of nitriles is 1. The summed E-state index contributed by atoms with van der Waals surface area (Å²) < 4.78 is 5.26. The Morgan fingerprint density at radius 1 is 1.38 bits per heavy atom. The van der Waals surface area contributed by atoms with Gasteiger partial charge in [0.1, 0.15) is 5.41 Å². The highest BCUT2D eigenvalue weighted by molar-refractivity contribution is 5.85. The summed E-state index contributed by atoms with van der Waals surface area (Å²) in [5, 5.41) is 12.4. The van der Waals surface area contributed by atoms with Crippen LogP contribution in [0.15, 0.2) is 0 Å². The second-order valence-electron chi connectivity index (χ2n) is 5.85. The molecule has 21 heavy (non-hydrogen) atoms. The van der Waals surface area contributed by atoms with Gasteiger partial charge in [0, 0.05) is 19.3 Å². The van der Waals surface area contributed by atoms with Crippen LogP contribution in [0.1, 0.15) is 46.5 Å². The summed E-state index contributed by atoms with van der Waals surface area (Å²) in [7, 11) is 0. The second-order valence-corrected chi connectivity index (χ2v) is 5.85. The zero-order chi connectivity index (χ0) is 15.7. The monoisotopic (exact) mass is 295 g/mol. The fourth-order valence-corrected chi connectivity index (χ4v) is 2.70. The maximum absolute atomic E-state index is 12.4. The van der Waals surface area contributed by atoms with Gasteiger partial charge in [-0.3, -0.25) is 4.79 Å². The van der Waals surface area contributed by atoms with E-state index in [1.807, 2.05) is 6.92 Å². The van der Waals surface area contributed by atoms with Crippen LogP contribution in [0.2, 0.25) is 0 Å². The highest BCUT2D eigenvalue weighted by Gasteiger charge is 2.40. The molecule has 5 nitrogen and oxygen atoms in total. The maximum Gasteiger partial charge on any atom is 0.240 e. The molecule has 120 valence electrons. The third kappa shape index (κ3) is 5.29. The average molecular weight is 295 g/mol. The summed E-state index contributed by atoms with van der Waals surface area (Å²) in [5.41, 5.74) is -0.884. The van der Waals surface area contributed by atoms with Gasteiger partial charge in [0.25, 0.3) is 0 Å². The van der Waals surface area contributed by atoms with Gasteiger partial charge < -0.3 is 15.0 Å². The molecule has 0 aromatic rings. The molecule has 1 atom stereocenters. The Morgan fingerprint density at radius 3 is 2.52 bits per heavy atom. The van der Waals surface area contributed by atoms with E-state index in [1.165, 1.54) is 0 Å². The van der Waals surface area contributed by atoms with Crippen molar-refractivity contribution in [1.82, 2.24) is 10.2 Å². The highest BCUT2D eigenvalue weighted by atomic mass is 16.5. The molecule has 1 amide bonds. The Hall–Kier alpha value is -1.12. The number of hydrogen-bond acceptors (Lipinski definition) is 4. The highest BCUT2D eigenvalue weighted by Crippen LogP contribution is 2.30. The van der Waals surface area contributed by atoms with Crippen LogP contribution in [-0.2, 0) is 9.53 Å². The lowest BCUT2D eigenvalue weighted by Crippen LogP contribution is -2.46. The first-order valence-corrected chi connectivity index (χ1v) is 8.10. The Labute approximate surface area is 128 Å². The van der Waals surface area contributed by atoms with E-state index in [0.717, 1.165) is 32.5 Å². The normalized spacial score (nSPS) is 19.0. The van der Waals surface area contributed by atoms with Crippen LogP contribution < -0.4 is 5.32 Å². The number of carbonyl (C=O) groups excluding carboxylic acids is 1. The number of hydrogen-bond donors (Lipinski definition) is 1. The molecular weight excluding hydrogens is 266 g/mol. The summed E-state index contributed by atoms with van der Waals surface area (Å²) in [6.07, 6.45) is 3.01. The van der Waals surface area contributed by atoms with Crippen LogP contribution in [0.3, 0.4) is 0 Å². The Morgan fingerprint density at radius 2 is 2.00 bits per heavy atom. The molecule has 0 saturated carbocycles. The van der Waals surface area contributed by atoms with Gasteiger partial charge in [0.15, 0.2) is 0 Å². The molecule has 0 aromatic carbocycles. The lowest BCUT2D eigenvalue weighted by molar-refractivity contribution is -0.133. The molecule has 0 radical (unpaired) electrons. The summed E-state index contributed by atoms with van der Waals surface area (Å²) in [5.74, 6) is -0.122. The predicted octanol–water partition coefficient (Wildman–Crippen LogP) is 1.93. The third-order valence-electron chi connectivity index (χ3n) is 4.38. The molecule has 1 saturated heterocycles. The molecule has 5 heteroatoms. The van der Waals surface area contributed by atoms with E-state index in [9.17, 15) is 10.1 Å². The van der Waals surface area contributed by atoms with Crippen LogP contribution in [0, 0.1) is 16.7 Å². The van der Waals surface area contributed by atoms with E-state index < -0.39 is 5.41 Å². The van der Waals surface area contributed by atoms with Crippen LogP contribution in [0.4, 0.5) is 0 Å². The van der Waals surface area contributed by atoms with Gasteiger partial charge in [-0.2, -0.15) is 5.26 Å². The molecule has 1 aliphatic rings. The smallest absolute Gasteiger partial charge is 0.240 e. The molecular formula is C16H29N3O2. The first-order chi connectivity index (χ1) is 10.1. The largest absolute Gasteiger partial charge is 0.381 e. The second kappa shape index (κ2) is 9.01. The lowest BCUT2D eigenvalue weighted by Gasteiger charge is -2.30. The molecule has 1 aliphatic heterocycles. The van der Waals surface area contributed by atoms with Crippen LogP contribution in [-0.4, -0.2) is 49.7 Å². The predicted molar refractivity (Wildman–Crippen MR) is 82.7 cm³/mol. The number of amides is 1. The van der Waals surface area contributed by atoms with Crippen LogP contribution in [0.5, 0.6) is 0 Å². The van der Waals surface area contributed by atoms with Gasteiger partial charge in [-0.05, 0) is 52.2 Å². The van der Waals surface area contributed by atoms with Crippen LogP contribution >= 0.6 is 0 Å². The van der Waals surface area contributed by atoms with Crippen molar-refractivity contribution in [3.63, 3.8) is 0 Å². The first kappa shape index (κ1) is 17.9. The summed E-state index contributed by atoms with van der Waals surface area (Å²) in [6, 6.07) is 2.33. The molecule has 1 unspecified atom stereocenters. The summed E-state index contributed by atoms with van der Waals surface area (Å²) in [6.45, 7) is 10.5. The molecule has 1 N–H and O–H groups in total. The Bertz CT molecular complexity index is 355. The van der Waals surface area contributed by atoms with Crippen molar-refractivity contribution >= 4 is 5.91 Å². The minimum atomic E-state index is -0.884. The molecule has 1 fully saturated rings. The van der Waals surface area contributed by atoms with Crippen molar-refractivity contribution < 1.29 is 9.53 Å². The topological polar surface area (TPSA) is 65.4 Å². The Balaban J connectivity index is 2.37. The molecule has 0 spiro atoms. The fraction of sp³-hybridized carbons (Fsp3) is 0.875. The Kier molecular flexibility index (Phi) is 7.69. The minimum Gasteiger partial charge on any atom is -0.381 e. The van der Waals surface area contributed by atoms with Crippen molar-refractivity contribution in [2.45, 2.75) is 52.5 Å². The molecule has 0 aliphatic carbocycles. The number of nitrogens with zero attached hydrogens (tertiary/aromatic N) is 2. The SMILES string of the molecule is CCN(CC)CCCC(C)NC(=O)C1(C#N)CCOCC1. The summed E-state index contributed by atoms with van der Waals surface area (Å²) >= 11 is 0. The molecule has 0 aromatic heterocycles. The minimum absolute atomic E-state index is 0.112. The number of carbonyl (C=O) groups is 1. The van der Waals surface area contributed by atoms with E-state index in [0.29, 0.717) is 26.1 Å². The molecule has 1 rings (SSSR count). The van der Waals surface area contributed by atoms with Crippen molar-refractivity contribution in [1.29, 1.82) is 5.26 Å². The van der Waals surface area contributed by atoms with Gasteiger partial charge in [0.05, 0.1) is 6.07 Å². The maximum atomic E-state index is 12.4. The van der Waals surface area contributed by atoms with Gasteiger partial charge in [-0.15, -0.1) is 0 Å². The van der Waals surface area contributed by atoms with Gasteiger partial charge >= 0.3 is 0 Å². The van der Waals surface area contributed by atoms with E-state index in [2.05, 4.69) is 30.1 Å². The molecule has 1 heterocycles. The first-order valence-electron chi connectivity index (χ1n) is 8.10. The van der Waals surface area contributed by atoms with Crippen LogP contribution in [0.25, 0.3) is 0 Å². The number of rotatable bonds is 8. The number of ether oxygens (including phenoxy) is 1. The van der Waals surface area contributed by atoms with E-state index >= 15 is 0 Å². The van der Waals surface area contributed by atoms with Gasteiger partial charge in [-0.25, -0.2) is 0 Å². The zero-order valence-electron chi connectivity index (χ0n) is 13.7. The van der Waals surface area contributed by atoms with Crippen molar-refractivity contribution in [2.75, 3.05) is 32.8 Å². The molecule has 0 bridgehead atoms.